The minimum Gasteiger partial charge on any atom is -0.268 e. The molecule has 0 radical (unpaired) electrons. The number of carbonyl (C=O) groups excluding carboxylic acids is 2. The molecular weight excluding hydrogens is 340 g/mol. The summed E-state index contributed by atoms with van der Waals surface area (Å²) in [7, 11) is 0. The number of thiazole rings is 1. The van der Waals surface area contributed by atoms with Gasteiger partial charge in [0.1, 0.15) is 5.56 Å². The summed E-state index contributed by atoms with van der Waals surface area (Å²) in [5.41, 5.74) is 4.06. The maximum absolute atomic E-state index is 12.1. The van der Waals surface area contributed by atoms with Gasteiger partial charge in [-0.1, -0.05) is 11.6 Å². The van der Waals surface area contributed by atoms with Crippen molar-refractivity contribution in [2.24, 2.45) is 0 Å². The van der Waals surface area contributed by atoms with Crippen LogP contribution in [0.25, 0.3) is 4.96 Å². The minimum absolute atomic E-state index is 0.169. The Labute approximate surface area is 138 Å². The van der Waals surface area contributed by atoms with Gasteiger partial charge < -0.3 is 0 Å². The zero-order valence-corrected chi connectivity index (χ0v) is 13.0. The Hall–Kier alpha value is -2.71. The van der Waals surface area contributed by atoms with Crippen molar-refractivity contribution in [2.45, 2.75) is 0 Å². The van der Waals surface area contributed by atoms with E-state index < -0.39 is 17.4 Å². The Morgan fingerprint density at radius 3 is 2.57 bits per heavy atom. The molecule has 3 aromatic rings. The van der Waals surface area contributed by atoms with Gasteiger partial charge in [0.25, 0.3) is 17.4 Å². The van der Waals surface area contributed by atoms with E-state index >= 15 is 0 Å². The number of aromatic nitrogens is 2. The Bertz CT molecular complexity index is 949. The third-order valence-electron chi connectivity index (χ3n) is 2.98. The maximum atomic E-state index is 12.1. The molecule has 23 heavy (non-hydrogen) atoms. The number of hydrazine groups is 1. The average molecular weight is 349 g/mol. The lowest BCUT2D eigenvalue weighted by Crippen LogP contribution is -2.43. The van der Waals surface area contributed by atoms with E-state index in [2.05, 4.69) is 15.8 Å². The molecule has 9 heteroatoms. The molecule has 0 spiro atoms. The number of halogens is 1. The fourth-order valence-electron chi connectivity index (χ4n) is 1.83. The molecule has 0 bridgehead atoms. The number of benzene rings is 1. The molecule has 1 aromatic carbocycles. The zero-order valence-electron chi connectivity index (χ0n) is 11.4. The summed E-state index contributed by atoms with van der Waals surface area (Å²) in [5.74, 6) is -1.27. The van der Waals surface area contributed by atoms with Crippen LogP contribution in [0.2, 0.25) is 5.02 Å². The number of amides is 2. The van der Waals surface area contributed by atoms with Crippen molar-refractivity contribution in [1.29, 1.82) is 0 Å². The van der Waals surface area contributed by atoms with E-state index in [1.165, 1.54) is 40.3 Å². The largest absolute Gasteiger partial charge is 0.276 e. The quantitative estimate of drug-likeness (QED) is 0.686. The van der Waals surface area contributed by atoms with Crippen molar-refractivity contribution in [3.05, 3.63) is 68.5 Å². The first-order valence-corrected chi connectivity index (χ1v) is 7.63. The maximum Gasteiger partial charge on any atom is 0.276 e. The van der Waals surface area contributed by atoms with E-state index in [0.717, 1.165) is 0 Å². The highest BCUT2D eigenvalue weighted by Gasteiger charge is 2.15. The van der Waals surface area contributed by atoms with Crippen molar-refractivity contribution in [3.8, 4) is 0 Å². The number of hydrogen-bond acceptors (Lipinski definition) is 5. The van der Waals surface area contributed by atoms with Crippen LogP contribution in [-0.2, 0) is 0 Å². The number of rotatable bonds is 2. The van der Waals surface area contributed by atoms with Gasteiger partial charge in [-0.2, -0.15) is 0 Å². The molecule has 0 aliphatic rings. The van der Waals surface area contributed by atoms with Gasteiger partial charge in [0.2, 0.25) is 0 Å². The molecule has 2 amide bonds. The minimum atomic E-state index is -0.745. The first kappa shape index (κ1) is 15.2. The van der Waals surface area contributed by atoms with Crippen LogP contribution in [0.3, 0.4) is 0 Å². The summed E-state index contributed by atoms with van der Waals surface area (Å²) in [6.45, 7) is 0. The van der Waals surface area contributed by atoms with Crippen molar-refractivity contribution >= 4 is 39.7 Å². The van der Waals surface area contributed by atoms with E-state index in [-0.39, 0.29) is 5.56 Å². The van der Waals surface area contributed by atoms with Gasteiger partial charge in [-0.15, -0.1) is 11.3 Å². The third kappa shape index (κ3) is 3.08. The molecule has 116 valence electrons. The van der Waals surface area contributed by atoms with Gasteiger partial charge in [-0.25, -0.2) is 4.98 Å². The first-order chi connectivity index (χ1) is 11.1. The first-order valence-electron chi connectivity index (χ1n) is 6.37. The lowest BCUT2D eigenvalue weighted by molar-refractivity contribution is 0.0845. The lowest BCUT2D eigenvalue weighted by Gasteiger charge is -2.07. The number of nitrogens with zero attached hydrogens (tertiary/aromatic N) is 2. The zero-order chi connectivity index (χ0) is 16.4. The Morgan fingerprint density at radius 2 is 1.83 bits per heavy atom. The summed E-state index contributed by atoms with van der Waals surface area (Å²) in [6.07, 6.45) is 2.70. The Morgan fingerprint density at radius 1 is 1.13 bits per heavy atom. The molecule has 0 aliphatic heterocycles. The highest BCUT2D eigenvalue weighted by molar-refractivity contribution is 7.15. The summed E-state index contributed by atoms with van der Waals surface area (Å²) in [5, 5.41) is 2.18. The predicted octanol–water partition coefficient (Wildman–Crippen LogP) is 1.48. The van der Waals surface area contributed by atoms with Crippen LogP contribution < -0.4 is 16.4 Å². The molecule has 2 N–H and O–H groups in total. The van der Waals surface area contributed by atoms with Gasteiger partial charge in [0.05, 0.1) is 0 Å². The summed E-state index contributed by atoms with van der Waals surface area (Å²) in [6, 6.07) is 6.13. The van der Waals surface area contributed by atoms with Crippen LogP contribution in [0, 0.1) is 0 Å². The molecule has 0 saturated heterocycles. The summed E-state index contributed by atoms with van der Waals surface area (Å²) >= 11 is 7.01. The second-order valence-corrected chi connectivity index (χ2v) is 5.76. The SMILES string of the molecule is O=C(NNC(=O)c1cnc2sccn2c1=O)c1ccc(Cl)cc1. The van der Waals surface area contributed by atoms with Crippen LogP contribution in [0.1, 0.15) is 20.7 Å². The van der Waals surface area contributed by atoms with Crippen LogP contribution in [0.15, 0.2) is 46.8 Å². The number of carbonyl (C=O) groups is 2. The second-order valence-electron chi connectivity index (χ2n) is 4.45. The predicted molar refractivity (Wildman–Crippen MR) is 85.7 cm³/mol. The van der Waals surface area contributed by atoms with Gasteiger partial charge in [0, 0.05) is 28.4 Å². The molecule has 7 nitrogen and oxygen atoms in total. The lowest BCUT2D eigenvalue weighted by atomic mass is 10.2. The summed E-state index contributed by atoms with van der Waals surface area (Å²) < 4.78 is 1.26. The van der Waals surface area contributed by atoms with E-state index in [0.29, 0.717) is 15.5 Å². The van der Waals surface area contributed by atoms with E-state index in [1.54, 1.807) is 17.5 Å². The van der Waals surface area contributed by atoms with Gasteiger partial charge in [0.15, 0.2) is 4.96 Å². The smallest absolute Gasteiger partial charge is 0.268 e. The number of nitrogens with one attached hydrogen (secondary N) is 2. The molecule has 3 rings (SSSR count). The molecule has 0 saturated carbocycles. The molecule has 0 fully saturated rings. The van der Waals surface area contributed by atoms with Crippen molar-refractivity contribution < 1.29 is 9.59 Å². The third-order valence-corrected chi connectivity index (χ3v) is 4.01. The molecular formula is C14H9ClN4O3S. The normalized spacial score (nSPS) is 10.5. The van der Waals surface area contributed by atoms with Crippen LogP contribution in [0.4, 0.5) is 0 Å². The Balaban J connectivity index is 1.73. The molecule has 0 aliphatic carbocycles. The second kappa shape index (κ2) is 6.19. The van der Waals surface area contributed by atoms with Gasteiger partial charge in [-0.05, 0) is 24.3 Å². The van der Waals surface area contributed by atoms with Gasteiger partial charge >= 0.3 is 0 Å². The van der Waals surface area contributed by atoms with Gasteiger partial charge in [-0.3, -0.25) is 29.6 Å². The van der Waals surface area contributed by atoms with Crippen LogP contribution in [0.5, 0.6) is 0 Å². The standard InChI is InChI=1S/C14H9ClN4O3S/c15-9-3-1-8(2-4-9)11(20)17-18-12(21)10-7-16-14-19(13(10)22)5-6-23-14/h1-7H,(H,17,20)(H,18,21). The number of hydrogen-bond donors (Lipinski definition) is 2. The highest BCUT2D eigenvalue weighted by atomic mass is 35.5. The summed E-state index contributed by atoms with van der Waals surface area (Å²) in [4.78, 5) is 40.5. The molecule has 2 heterocycles. The van der Waals surface area contributed by atoms with E-state index in [1.807, 2.05) is 0 Å². The highest BCUT2D eigenvalue weighted by Crippen LogP contribution is 2.09. The van der Waals surface area contributed by atoms with Crippen molar-refractivity contribution in [1.82, 2.24) is 20.2 Å². The van der Waals surface area contributed by atoms with Crippen LogP contribution >= 0.6 is 22.9 Å². The monoisotopic (exact) mass is 348 g/mol. The molecule has 0 atom stereocenters. The Kier molecular flexibility index (Phi) is 4.09. The van der Waals surface area contributed by atoms with Crippen LogP contribution in [-0.4, -0.2) is 21.2 Å². The van der Waals surface area contributed by atoms with Crippen molar-refractivity contribution in [2.75, 3.05) is 0 Å². The fourth-order valence-corrected chi connectivity index (χ4v) is 2.64. The van der Waals surface area contributed by atoms with E-state index in [9.17, 15) is 14.4 Å². The fraction of sp³-hybridized carbons (Fsp3) is 0. The molecule has 2 aromatic heterocycles. The van der Waals surface area contributed by atoms with Crippen molar-refractivity contribution in [3.63, 3.8) is 0 Å². The molecule has 0 unspecified atom stereocenters. The average Bonchev–Trinajstić information content (AvgIpc) is 3.03. The van der Waals surface area contributed by atoms with E-state index in [4.69, 9.17) is 11.6 Å². The number of fused-ring (bicyclic) bond motifs is 1. The topological polar surface area (TPSA) is 92.6 Å².